The van der Waals surface area contributed by atoms with E-state index in [9.17, 15) is 0 Å². The van der Waals surface area contributed by atoms with Crippen molar-refractivity contribution in [2.24, 2.45) is 0 Å². The van der Waals surface area contributed by atoms with Gasteiger partial charge in [-0.05, 0) is 74.1 Å². The van der Waals surface area contributed by atoms with Crippen LogP contribution in [-0.4, -0.2) is 24.1 Å². The Labute approximate surface area is 401 Å². The normalized spacial score (nSPS) is 12.0. The smallest absolute Gasteiger partial charge is 0.164 e. The summed E-state index contributed by atoms with van der Waals surface area (Å²) in [7, 11) is 0. The van der Waals surface area contributed by atoms with Crippen LogP contribution in [0.25, 0.3) is 143 Å². The zero-order valence-corrected chi connectivity index (χ0v) is 37.8. The zero-order chi connectivity index (χ0) is 45.9. The third-order valence-corrected chi connectivity index (χ3v) is 14.5. The van der Waals surface area contributed by atoms with Crippen LogP contribution in [0.4, 0.5) is 0 Å². The van der Waals surface area contributed by atoms with Crippen molar-refractivity contribution in [3.8, 4) is 45.5 Å². The van der Waals surface area contributed by atoms with Crippen molar-refractivity contribution >= 4 is 97.5 Å². The minimum Gasteiger partial charge on any atom is -0.309 e. The van der Waals surface area contributed by atoms with Crippen LogP contribution >= 0.6 is 0 Å². The summed E-state index contributed by atoms with van der Waals surface area (Å²) in [6.07, 6.45) is 0. The number of nitrogens with zero attached hydrogens (tertiary/aromatic N) is 5. The Morgan fingerprint density at radius 1 is 0.271 bits per heavy atom. The maximum atomic E-state index is 5.41. The molecule has 0 aliphatic heterocycles. The van der Waals surface area contributed by atoms with E-state index in [-0.39, 0.29) is 0 Å². The van der Waals surface area contributed by atoms with Gasteiger partial charge in [-0.3, -0.25) is 0 Å². The average Bonchev–Trinajstić information content (AvgIpc) is 3.95. The lowest BCUT2D eigenvalue weighted by molar-refractivity contribution is 1.08. The second-order valence-electron chi connectivity index (χ2n) is 18.3. The Bertz CT molecular complexity index is 4660. The fourth-order valence-electron chi connectivity index (χ4n) is 11.5. The van der Waals surface area contributed by atoms with Gasteiger partial charge in [0.2, 0.25) is 0 Å². The number of fused-ring (bicyclic) bond motifs is 13. The number of rotatable bonds is 5. The summed E-state index contributed by atoms with van der Waals surface area (Å²) in [6.45, 7) is 0. The quantitative estimate of drug-likeness (QED) is 0.162. The van der Waals surface area contributed by atoms with Gasteiger partial charge in [-0.15, -0.1) is 0 Å². The molecule has 0 unspecified atom stereocenters. The molecule has 3 aromatic heterocycles. The molecule has 0 amide bonds. The molecule has 0 bridgehead atoms. The summed E-state index contributed by atoms with van der Waals surface area (Å²) in [5, 5.41) is 16.5. The molecule has 0 N–H and O–H groups in total. The molecule has 0 saturated carbocycles. The molecule has 324 valence electrons. The van der Waals surface area contributed by atoms with Gasteiger partial charge in [-0.25, -0.2) is 15.0 Å². The summed E-state index contributed by atoms with van der Waals surface area (Å²) >= 11 is 0. The highest BCUT2D eigenvalue weighted by atomic mass is 15.0. The number of hydrogen-bond acceptors (Lipinski definition) is 3. The van der Waals surface area contributed by atoms with Gasteiger partial charge in [0.15, 0.2) is 17.5 Å². The Hall–Kier alpha value is -9.45. The van der Waals surface area contributed by atoms with Gasteiger partial charge < -0.3 is 9.13 Å². The first-order chi connectivity index (χ1) is 34.7. The summed E-state index contributed by atoms with van der Waals surface area (Å²) in [6, 6.07) is 85.2. The third-order valence-electron chi connectivity index (χ3n) is 14.5. The van der Waals surface area contributed by atoms with E-state index in [1.165, 1.54) is 70.6 Å². The van der Waals surface area contributed by atoms with Gasteiger partial charge >= 0.3 is 0 Å². The van der Waals surface area contributed by atoms with Gasteiger partial charge in [0.05, 0.1) is 33.4 Å². The molecule has 12 aromatic carbocycles. The SMILES string of the molecule is c1ccc(-c2nc(-c3ccc(-n4c5ccccc5c5c(-n6c7ccccc7c7ccc8ccccc8c76)c6ccccc6cc54)c4ccccc34)nc(-c3cc4ccccc4c4ccccc34)n2)cc1. The molecule has 0 aliphatic carbocycles. The number of benzene rings is 12. The van der Waals surface area contributed by atoms with Crippen molar-refractivity contribution in [3.05, 3.63) is 237 Å². The first kappa shape index (κ1) is 38.6. The second kappa shape index (κ2) is 15.0. The molecule has 0 atom stereocenters. The van der Waals surface area contributed by atoms with E-state index in [1.54, 1.807) is 0 Å². The summed E-state index contributed by atoms with van der Waals surface area (Å²) in [5.74, 6) is 1.89. The standard InChI is InChI=1S/C65H39N5/c1-2-19-41(20-3-1)63-66-64(68-65(67-63)55-38-42-21-5-7-23-44(42)47-26-10-11-27-48(47)55)53-36-37-58(50-29-13-12-28-49(50)53)69-57-33-17-15-31-54(57)60-59(69)39-43-22-6-9-25-46(43)62(60)70-56-32-16-14-30-51(56)52-35-34-40-18-4-8-24-45(40)61(52)70/h1-39H. The van der Waals surface area contributed by atoms with Crippen LogP contribution in [0.1, 0.15) is 0 Å². The highest BCUT2D eigenvalue weighted by Crippen LogP contribution is 2.46. The molecule has 70 heavy (non-hydrogen) atoms. The van der Waals surface area contributed by atoms with Crippen LogP contribution in [0.3, 0.4) is 0 Å². The molecule has 3 heterocycles. The lowest BCUT2D eigenvalue weighted by atomic mass is 9.96. The van der Waals surface area contributed by atoms with Crippen molar-refractivity contribution in [1.29, 1.82) is 0 Å². The first-order valence-corrected chi connectivity index (χ1v) is 23.9. The van der Waals surface area contributed by atoms with Crippen LogP contribution < -0.4 is 0 Å². The van der Waals surface area contributed by atoms with Crippen molar-refractivity contribution < 1.29 is 0 Å². The van der Waals surface area contributed by atoms with Crippen molar-refractivity contribution in [2.45, 2.75) is 0 Å². The molecular weight excluding hydrogens is 851 g/mol. The highest BCUT2D eigenvalue weighted by Gasteiger charge is 2.25. The maximum absolute atomic E-state index is 5.41. The third kappa shape index (κ3) is 5.63. The zero-order valence-electron chi connectivity index (χ0n) is 37.8. The molecule has 0 fully saturated rings. The molecule has 15 rings (SSSR count). The predicted octanol–water partition coefficient (Wildman–Crippen LogP) is 16.8. The van der Waals surface area contributed by atoms with Crippen LogP contribution in [-0.2, 0) is 0 Å². The Morgan fingerprint density at radius 2 is 0.800 bits per heavy atom. The van der Waals surface area contributed by atoms with Gasteiger partial charge in [-0.2, -0.15) is 0 Å². The van der Waals surface area contributed by atoms with Crippen molar-refractivity contribution in [3.63, 3.8) is 0 Å². The van der Waals surface area contributed by atoms with Crippen LogP contribution in [0, 0.1) is 0 Å². The summed E-state index contributed by atoms with van der Waals surface area (Å²) in [5.41, 5.74) is 9.77. The lowest BCUT2D eigenvalue weighted by Crippen LogP contribution is -2.02. The predicted molar refractivity (Wildman–Crippen MR) is 292 cm³/mol. The van der Waals surface area contributed by atoms with Crippen LogP contribution in [0.5, 0.6) is 0 Å². The first-order valence-electron chi connectivity index (χ1n) is 23.9. The number of para-hydroxylation sites is 2. The van der Waals surface area contributed by atoms with E-state index in [2.05, 4.69) is 228 Å². The van der Waals surface area contributed by atoms with Crippen molar-refractivity contribution in [2.75, 3.05) is 0 Å². The van der Waals surface area contributed by atoms with Gasteiger partial charge in [0, 0.05) is 54.4 Å². The van der Waals surface area contributed by atoms with Crippen molar-refractivity contribution in [1.82, 2.24) is 24.1 Å². The van der Waals surface area contributed by atoms with Gasteiger partial charge in [0.25, 0.3) is 0 Å². The largest absolute Gasteiger partial charge is 0.309 e. The fraction of sp³-hybridized carbons (Fsp3) is 0. The van der Waals surface area contributed by atoms with E-state index in [0.717, 1.165) is 55.0 Å². The van der Waals surface area contributed by atoms with Crippen LogP contribution in [0.15, 0.2) is 237 Å². The topological polar surface area (TPSA) is 48.5 Å². The Balaban J connectivity index is 1.02. The Morgan fingerprint density at radius 3 is 1.56 bits per heavy atom. The van der Waals surface area contributed by atoms with E-state index < -0.39 is 0 Å². The summed E-state index contributed by atoms with van der Waals surface area (Å²) in [4.78, 5) is 16.0. The average molecular weight is 890 g/mol. The molecule has 0 radical (unpaired) electrons. The number of hydrogen-bond donors (Lipinski definition) is 0. The highest BCUT2D eigenvalue weighted by molar-refractivity contribution is 6.25. The van der Waals surface area contributed by atoms with Crippen LogP contribution in [0.2, 0.25) is 0 Å². The molecular formula is C65H39N5. The summed E-state index contributed by atoms with van der Waals surface area (Å²) < 4.78 is 5.03. The minimum atomic E-state index is 0.623. The molecule has 15 aromatic rings. The van der Waals surface area contributed by atoms with E-state index in [4.69, 9.17) is 15.0 Å². The second-order valence-corrected chi connectivity index (χ2v) is 18.3. The molecule has 5 nitrogen and oxygen atoms in total. The van der Waals surface area contributed by atoms with E-state index >= 15 is 0 Å². The molecule has 0 saturated heterocycles. The molecule has 0 aliphatic rings. The number of aromatic nitrogens is 5. The van der Waals surface area contributed by atoms with Gasteiger partial charge in [-0.1, -0.05) is 200 Å². The molecule has 0 spiro atoms. The molecule has 5 heteroatoms. The van der Waals surface area contributed by atoms with E-state index in [1.807, 2.05) is 18.2 Å². The van der Waals surface area contributed by atoms with Gasteiger partial charge in [0.1, 0.15) is 0 Å². The Kier molecular flexibility index (Phi) is 8.29. The lowest BCUT2D eigenvalue weighted by Gasteiger charge is -2.17. The maximum Gasteiger partial charge on any atom is 0.164 e. The fourth-order valence-corrected chi connectivity index (χ4v) is 11.5. The van der Waals surface area contributed by atoms with E-state index in [0.29, 0.717) is 17.5 Å². The minimum absolute atomic E-state index is 0.623. The monoisotopic (exact) mass is 889 g/mol.